The highest BCUT2D eigenvalue weighted by molar-refractivity contribution is 6.10. The number of halogens is 2. The predicted molar refractivity (Wildman–Crippen MR) is 98.7 cm³/mol. The molecule has 1 unspecified atom stereocenters. The number of benzene rings is 2. The van der Waals surface area contributed by atoms with E-state index in [0.29, 0.717) is 5.76 Å². The lowest BCUT2D eigenvalue weighted by molar-refractivity contribution is 0.0969. The van der Waals surface area contributed by atoms with Crippen molar-refractivity contribution in [3.8, 4) is 0 Å². The average molecular weight is 394 g/mol. The van der Waals surface area contributed by atoms with Crippen molar-refractivity contribution in [3.63, 3.8) is 0 Å². The topological polar surface area (TPSA) is 76.6 Å². The minimum Gasteiger partial charge on any atom is -0.450 e. The number of rotatable bonds is 2. The van der Waals surface area contributed by atoms with Crippen molar-refractivity contribution >= 4 is 22.7 Å². The minimum absolute atomic E-state index is 0.0314. The summed E-state index contributed by atoms with van der Waals surface area (Å²) in [5.74, 6) is -1.58. The lowest BCUT2D eigenvalue weighted by Crippen LogP contribution is -2.30. The summed E-state index contributed by atoms with van der Waals surface area (Å²) in [4.78, 5) is 27.6. The van der Waals surface area contributed by atoms with Gasteiger partial charge in [-0.15, -0.1) is 0 Å². The molecule has 0 aliphatic carbocycles. The van der Waals surface area contributed by atoms with Gasteiger partial charge in [0.05, 0.1) is 17.0 Å². The number of hydrogen-bond acceptors (Lipinski definition) is 5. The Morgan fingerprint density at radius 2 is 1.86 bits per heavy atom. The van der Waals surface area contributed by atoms with Gasteiger partial charge < -0.3 is 8.94 Å². The Bertz CT molecular complexity index is 1360. The quantitative estimate of drug-likeness (QED) is 0.511. The number of hydrogen-bond donors (Lipinski definition) is 0. The van der Waals surface area contributed by atoms with E-state index < -0.39 is 29.0 Å². The summed E-state index contributed by atoms with van der Waals surface area (Å²) in [5, 5.41) is 3.82. The summed E-state index contributed by atoms with van der Waals surface area (Å²) in [5.41, 5.74) is -0.527. The van der Waals surface area contributed by atoms with Crippen molar-refractivity contribution in [2.24, 2.45) is 0 Å². The Balaban J connectivity index is 1.86. The van der Waals surface area contributed by atoms with Crippen LogP contribution in [0.5, 0.6) is 0 Å². The maximum atomic E-state index is 14.7. The van der Waals surface area contributed by atoms with Gasteiger partial charge in [-0.2, -0.15) is 0 Å². The molecule has 0 bridgehead atoms. The molecular weight excluding hydrogens is 382 g/mol. The monoisotopic (exact) mass is 394 g/mol. The molecule has 2 aromatic heterocycles. The molecule has 0 fully saturated rings. The molecule has 5 rings (SSSR count). The molecule has 4 aromatic rings. The molecule has 6 nitrogen and oxygen atoms in total. The average Bonchev–Trinajstić information content (AvgIpc) is 3.24. The van der Waals surface area contributed by atoms with E-state index in [2.05, 4.69) is 5.16 Å². The molecule has 1 aliphatic rings. The van der Waals surface area contributed by atoms with Gasteiger partial charge in [0.1, 0.15) is 23.0 Å². The molecule has 1 atom stereocenters. The Kier molecular flexibility index (Phi) is 3.64. The van der Waals surface area contributed by atoms with E-state index in [1.165, 1.54) is 30.3 Å². The number of aryl methyl sites for hydroxylation is 1. The first kappa shape index (κ1) is 17.3. The van der Waals surface area contributed by atoms with Crippen molar-refractivity contribution in [3.05, 3.63) is 93.0 Å². The second-order valence-corrected chi connectivity index (χ2v) is 6.71. The van der Waals surface area contributed by atoms with Crippen molar-refractivity contribution < 1.29 is 22.5 Å². The fraction of sp³-hybridized carbons (Fsp3) is 0.0952. The lowest BCUT2D eigenvalue weighted by atomic mass is 9.98. The third kappa shape index (κ3) is 2.49. The zero-order valence-electron chi connectivity index (χ0n) is 15.0. The first-order valence-corrected chi connectivity index (χ1v) is 8.73. The van der Waals surface area contributed by atoms with Gasteiger partial charge in [0.25, 0.3) is 5.91 Å². The fourth-order valence-electron chi connectivity index (χ4n) is 3.64. The number of nitrogens with zero attached hydrogens (tertiary/aromatic N) is 2. The van der Waals surface area contributed by atoms with Gasteiger partial charge in [-0.1, -0.05) is 23.4 Å². The maximum absolute atomic E-state index is 14.7. The second kappa shape index (κ2) is 6.10. The summed E-state index contributed by atoms with van der Waals surface area (Å²) in [6.07, 6.45) is 0. The van der Waals surface area contributed by atoms with Gasteiger partial charge in [-0.25, -0.2) is 8.78 Å². The Labute approximate surface area is 162 Å². The molecule has 0 radical (unpaired) electrons. The summed E-state index contributed by atoms with van der Waals surface area (Å²) in [7, 11) is 0. The standard InChI is InChI=1S/C21H12F2N2O4/c1-10-8-16(24-29-10)25-18(12-4-2-3-5-14(12)23)17-19(26)13-9-11(22)6-7-15(13)28-20(17)21(25)27/h2-9,18H,1H3. The van der Waals surface area contributed by atoms with Crippen LogP contribution in [0, 0.1) is 18.6 Å². The van der Waals surface area contributed by atoms with Crippen molar-refractivity contribution in [2.45, 2.75) is 13.0 Å². The zero-order chi connectivity index (χ0) is 20.3. The molecule has 0 spiro atoms. The van der Waals surface area contributed by atoms with E-state index in [4.69, 9.17) is 8.94 Å². The zero-order valence-corrected chi connectivity index (χ0v) is 15.0. The van der Waals surface area contributed by atoms with Gasteiger partial charge in [0, 0.05) is 11.6 Å². The smallest absolute Gasteiger partial charge is 0.296 e. The Morgan fingerprint density at radius 3 is 2.59 bits per heavy atom. The normalized spacial score (nSPS) is 15.9. The largest absolute Gasteiger partial charge is 0.450 e. The molecule has 2 aromatic carbocycles. The number of carbonyl (C=O) groups excluding carboxylic acids is 1. The van der Waals surface area contributed by atoms with Crippen LogP contribution in [0.3, 0.4) is 0 Å². The molecule has 144 valence electrons. The van der Waals surface area contributed by atoms with Gasteiger partial charge in [-0.3, -0.25) is 14.5 Å². The van der Waals surface area contributed by atoms with Crippen LogP contribution in [0.1, 0.15) is 33.5 Å². The highest BCUT2D eigenvalue weighted by Crippen LogP contribution is 2.41. The van der Waals surface area contributed by atoms with Crippen molar-refractivity contribution in [1.82, 2.24) is 5.16 Å². The predicted octanol–water partition coefficient (Wildman–Crippen LogP) is 4.12. The van der Waals surface area contributed by atoms with E-state index >= 15 is 0 Å². The molecule has 0 N–H and O–H groups in total. The summed E-state index contributed by atoms with van der Waals surface area (Å²) in [6.45, 7) is 1.64. The second-order valence-electron chi connectivity index (χ2n) is 6.71. The van der Waals surface area contributed by atoms with Gasteiger partial charge in [-0.05, 0) is 31.2 Å². The Hall–Kier alpha value is -3.81. The first-order chi connectivity index (χ1) is 14.0. The number of aromatic nitrogens is 1. The van der Waals surface area contributed by atoms with Crippen molar-refractivity contribution in [1.29, 1.82) is 0 Å². The van der Waals surface area contributed by atoms with Crippen LogP contribution in [0.4, 0.5) is 14.6 Å². The van der Waals surface area contributed by atoms with E-state index in [-0.39, 0.29) is 33.7 Å². The molecule has 1 amide bonds. The molecule has 29 heavy (non-hydrogen) atoms. The van der Waals surface area contributed by atoms with E-state index in [1.807, 2.05) is 0 Å². The highest BCUT2D eigenvalue weighted by Gasteiger charge is 2.45. The van der Waals surface area contributed by atoms with Crippen LogP contribution in [0.15, 0.2) is 62.3 Å². The highest BCUT2D eigenvalue weighted by atomic mass is 19.1. The molecule has 0 saturated heterocycles. The van der Waals surface area contributed by atoms with Gasteiger partial charge in [0.2, 0.25) is 5.76 Å². The Morgan fingerprint density at radius 1 is 1.07 bits per heavy atom. The van der Waals surface area contributed by atoms with E-state index in [0.717, 1.165) is 17.0 Å². The van der Waals surface area contributed by atoms with Crippen LogP contribution >= 0.6 is 0 Å². The van der Waals surface area contributed by atoms with E-state index in [9.17, 15) is 18.4 Å². The van der Waals surface area contributed by atoms with Crippen LogP contribution in [-0.2, 0) is 0 Å². The summed E-state index contributed by atoms with van der Waals surface area (Å²) >= 11 is 0. The fourth-order valence-corrected chi connectivity index (χ4v) is 3.64. The third-order valence-electron chi connectivity index (χ3n) is 4.89. The van der Waals surface area contributed by atoms with Crippen LogP contribution in [0.25, 0.3) is 11.0 Å². The lowest BCUT2D eigenvalue weighted by Gasteiger charge is -2.22. The molecule has 3 heterocycles. The molecular formula is C21H12F2N2O4. The summed E-state index contributed by atoms with van der Waals surface area (Å²) < 4.78 is 39.2. The molecule has 1 aliphatic heterocycles. The van der Waals surface area contributed by atoms with E-state index in [1.54, 1.807) is 13.0 Å². The number of fused-ring (bicyclic) bond motifs is 2. The first-order valence-electron chi connectivity index (χ1n) is 8.73. The third-order valence-corrected chi connectivity index (χ3v) is 4.89. The van der Waals surface area contributed by atoms with Crippen LogP contribution in [0.2, 0.25) is 0 Å². The van der Waals surface area contributed by atoms with Gasteiger partial charge in [0.15, 0.2) is 11.2 Å². The van der Waals surface area contributed by atoms with Gasteiger partial charge >= 0.3 is 0 Å². The molecule has 0 saturated carbocycles. The van der Waals surface area contributed by atoms with Crippen LogP contribution in [-0.4, -0.2) is 11.1 Å². The molecule has 8 heteroatoms. The number of amides is 1. The van der Waals surface area contributed by atoms with Crippen molar-refractivity contribution in [2.75, 3.05) is 4.90 Å². The maximum Gasteiger partial charge on any atom is 0.296 e. The number of anilines is 1. The SMILES string of the molecule is Cc1cc(N2C(=O)c3oc4ccc(F)cc4c(=O)c3C2c2ccccc2F)no1. The number of carbonyl (C=O) groups is 1. The van der Waals surface area contributed by atoms with Crippen LogP contribution < -0.4 is 10.3 Å². The minimum atomic E-state index is -1.13. The summed E-state index contributed by atoms with van der Waals surface area (Å²) in [6, 6.07) is 9.60.